The Hall–Kier alpha value is -1.66. The number of aromatic nitrogens is 2. The summed E-state index contributed by atoms with van der Waals surface area (Å²) in [5.41, 5.74) is 0. The van der Waals surface area contributed by atoms with Crippen molar-refractivity contribution in [2.75, 3.05) is 27.7 Å². The maximum atomic E-state index is 12.1. The zero-order valence-electron chi connectivity index (χ0n) is 12.9. The molecule has 1 aliphatic rings. The van der Waals surface area contributed by atoms with Gasteiger partial charge in [-0.3, -0.25) is 4.79 Å². The Morgan fingerprint density at radius 3 is 2.81 bits per heavy atom. The second-order valence-electron chi connectivity index (χ2n) is 5.83. The van der Waals surface area contributed by atoms with Crippen molar-refractivity contribution < 1.29 is 9.90 Å². The zero-order chi connectivity index (χ0) is 15.4. The number of nitrogens with zero attached hydrogens (tertiary/aromatic N) is 4. The summed E-state index contributed by atoms with van der Waals surface area (Å²) in [7, 11) is 5.66. The molecule has 0 saturated heterocycles. The monoisotopic (exact) mass is 292 g/mol. The number of likely N-dealkylation sites (N-methyl/N-ethyl adjacent to an activating group) is 2. The average Bonchev–Trinajstić information content (AvgIpc) is 3.06. The highest BCUT2D eigenvalue weighted by molar-refractivity contribution is 5.87. The van der Waals surface area contributed by atoms with E-state index in [1.807, 2.05) is 35.8 Å². The predicted molar refractivity (Wildman–Crippen MR) is 80.8 cm³/mol. The lowest BCUT2D eigenvalue weighted by Gasteiger charge is -2.28. The summed E-state index contributed by atoms with van der Waals surface area (Å²) >= 11 is 0. The predicted octanol–water partition coefficient (Wildman–Crippen LogP) is 0.524. The molecule has 1 aromatic heterocycles. The summed E-state index contributed by atoms with van der Waals surface area (Å²) in [4.78, 5) is 19.8. The SMILES string of the molecule is CN(C)C/C=C/C(=O)N(C)[C@@H]1CC[C@@H](n2ccnc2)[C@@H]1O. The molecule has 0 spiro atoms. The Balaban J connectivity index is 1.95. The van der Waals surface area contributed by atoms with Crippen LogP contribution in [0.5, 0.6) is 0 Å². The number of aliphatic hydroxyl groups excluding tert-OH is 1. The van der Waals surface area contributed by atoms with E-state index in [1.165, 1.54) is 0 Å². The number of amides is 1. The van der Waals surface area contributed by atoms with Crippen LogP contribution in [0.15, 0.2) is 30.9 Å². The van der Waals surface area contributed by atoms with Gasteiger partial charge in [-0.15, -0.1) is 0 Å². The maximum Gasteiger partial charge on any atom is 0.246 e. The molecule has 2 rings (SSSR count). The Morgan fingerprint density at radius 2 is 2.19 bits per heavy atom. The first-order chi connectivity index (χ1) is 10.0. The van der Waals surface area contributed by atoms with E-state index in [-0.39, 0.29) is 18.0 Å². The van der Waals surface area contributed by atoms with Crippen LogP contribution in [0.4, 0.5) is 0 Å². The van der Waals surface area contributed by atoms with Crippen LogP contribution in [0.2, 0.25) is 0 Å². The molecule has 21 heavy (non-hydrogen) atoms. The number of carbonyl (C=O) groups excluding carboxylic acids is 1. The molecule has 0 radical (unpaired) electrons. The van der Waals surface area contributed by atoms with Crippen molar-refractivity contribution in [2.45, 2.75) is 31.0 Å². The topological polar surface area (TPSA) is 61.6 Å². The van der Waals surface area contributed by atoms with E-state index in [1.54, 1.807) is 30.5 Å². The van der Waals surface area contributed by atoms with E-state index < -0.39 is 6.10 Å². The molecule has 1 aliphatic carbocycles. The van der Waals surface area contributed by atoms with E-state index in [9.17, 15) is 9.90 Å². The first-order valence-electron chi connectivity index (χ1n) is 7.24. The van der Waals surface area contributed by atoms with Gasteiger partial charge in [0.15, 0.2) is 0 Å². The van der Waals surface area contributed by atoms with Crippen LogP contribution >= 0.6 is 0 Å². The second kappa shape index (κ2) is 6.87. The fraction of sp³-hybridized carbons (Fsp3) is 0.600. The lowest BCUT2D eigenvalue weighted by Crippen LogP contribution is -2.42. The highest BCUT2D eigenvalue weighted by atomic mass is 16.3. The third kappa shape index (κ3) is 3.71. The molecule has 1 amide bonds. The molecule has 116 valence electrons. The molecule has 6 heteroatoms. The summed E-state index contributed by atoms with van der Waals surface area (Å²) in [6, 6.07) is -0.146. The minimum Gasteiger partial charge on any atom is -0.389 e. The molecule has 1 saturated carbocycles. The molecule has 1 aromatic rings. The number of hydrogen-bond acceptors (Lipinski definition) is 4. The highest BCUT2D eigenvalue weighted by Crippen LogP contribution is 2.33. The summed E-state index contributed by atoms with van der Waals surface area (Å²) in [5, 5.41) is 10.5. The van der Waals surface area contributed by atoms with Gasteiger partial charge in [0.05, 0.1) is 24.5 Å². The second-order valence-corrected chi connectivity index (χ2v) is 5.83. The van der Waals surface area contributed by atoms with Gasteiger partial charge in [0.25, 0.3) is 0 Å². The van der Waals surface area contributed by atoms with Gasteiger partial charge in [-0.25, -0.2) is 4.98 Å². The Bertz CT molecular complexity index is 484. The quantitative estimate of drug-likeness (QED) is 0.804. The van der Waals surface area contributed by atoms with Crippen molar-refractivity contribution in [3.05, 3.63) is 30.9 Å². The van der Waals surface area contributed by atoms with Crippen molar-refractivity contribution in [1.29, 1.82) is 0 Å². The molecular weight excluding hydrogens is 268 g/mol. The fourth-order valence-electron chi connectivity index (χ4n) is 2.80. The maximum absolute atomic E-state index is 12.1. The molecular formula is C15H24N4O2. The number of rotatable bonds is 5. The Labute approximate surface area is 125 Å². The van der Waals surface area contributed by atoms with Crippen molar-refractivity contribution in [1.82, 2.24) is 19.4 Å². The van der Waals surface area contributed by atoms with Crippen LogP contribution in [-0.2, 0) is 4.79 Å². The van der Waals surface area contributed by atoms with Gasteiger partial charge >= 0.3 is 0 Å². The molecule has 0 unspecified atom stereocenters. The number of aliphatic hydroxyl groups is 1. The van der Waals surface area contributed by atoms with Crippen molar-refractivity contribution in [2.24, 2.45) is 0 Å². The number of hydrogen-bond donors (Lipinski definition) is 1. The molecule has 0 aliphatic heterocycles. The normalized spacial score (nSPS) is 25.9. The average molecular weight is 292 g/mol. The van der Waals surface area contributed by atoms with Gasteiger partial charge in [-0.05, 0) is 26.9 Å². The van der Waals surface area contributed by atoms with Crippen LogP contribution in [-0.4, -0.2) is 70.2 Å². The van der Waals surface area contributed by atoms with Gasteiger partial charge < -0.3 is 19.5 Å². The van der Waals surface area contributed by atoms with Crippen molar-refractivity contribution in [3.8, 4) is 0 Å². The zero-order valence-corrected chi connectivity index (χ0v) is 12.9. The minimum absolute atomic E-state index is 0.00138. The van der Waals surface area contributed by atoms with Crippen molar-refractivity contribution >= 4 is 5.91 Å². The summed E-state index contributed by atoms with van der Waals surface area (Å²) in [6.07, 6.45) is 9.79. The molecule has 1 N–H and O–H groups in total. The highest BCUT2D eigenvalue weighted by Gasteiger charge is 2.38. The van der Waals surface area contributed by atoms with Gasteiger partial charge in [0.2, 0.25) is 5.91 Å². The molecule has 1 fully saturated rings. The Kier molecular flexibility index (Phi) is 5.14. The van der Waals surface area contributed by atoms with Crippen LogP contribution in [0.3, 0.4) is 0 Å². The lowest BCUT2D eigenvalue weighted by molar-refractivity contribution is -0.128. The van der Waals surface area contributed by atoms with Crippen molar-refractivity contribution in [3.63, 3.8) is 0 Å². The van der Waals surface area contributed by atoms with E-state index >= 15 is 0 Å². The van der Waals surface area contributed by atoms with Crippen LogP contribution in [0.25, 0.3) is 0 Å². The molecule has 3 atom stereocenters. The van der Waals surface area contributed by atoms with E-state index in [0.29, 0.717) is 0 Å². The molecule has 1 heterocycles. The largest absolute Gasteiger partial charge is 0.389 e. The lowest BCUT2D eigenvalue weighted by atomic mass is 10.1. The van der Waals surface area contributed by atoms with Crippen LogP contribution < -0.4 is 0 Å². The summed E-state index contributed by atoms with van der Waals surface area (Å²) < 4.78 is 1.92. The fourth-order valence-corrected chi connectivity index (χ4v) is 2.80. The van der Waals surface area contributed by atoms with E-state index in [4.69, 9.17) is 0 Å². The van der Waals surface area contributed by atoms with E-state index in [2.05, 4.69) is 4.98 Å². The van der Waals surface area contributed by atoms with Gasteiger partial charge in [0.1, 0.15) is 0 Å². The first kappa shape index (κ1) is 15.7. The number of carbonyl (C=O) groups is 1. The molecule has 0 bridgehead atoms. The standard InChI is InChI=1S/C15H24N4O2/c1-17(2)9-4-5-14(20)18(3)12-6-7-13(15(12)21)19-10-8-16-11-19/h4-5,8,10-13,15,21H,6-7,9H2,1-3H3/b5-4+/t12-,13-,15-/m1/s1. The molecule has 0 aromatic carbocycles. The van der Waals surface area contributed by atoms with Crippen LogP contribution in [0.1, 0.15) is 18.9 Å². The third-order valence-electron chi connectivity index (χ3n) is 4.03. The minimum atomic E-state index is -0.560. The van der Waals surface area contributed by atoms with Gasteiger partial charge in [-0.1, -0.05) is 6.08 Å². The summed E-state index contributed by atoms with van der Waals surface area (Å²) in [6.45, 7) is 0.727. The summed E-state index contributed by atoms with van der Waals surface area (Å²) in [5.74, 6) is -0.0628. The van der Waals surface area contributed by atoms with Crippen LogP contribution in [0, 0.1) is 0 Å². The van der Waals surface area contributed by atoms with Gasteiger partial charge in [-0.2, -0.15) is 0 Å². The Morgan fingerprint density at radius 1 is 1.43 bits per heavy atom. The smallest absolute Gasteiger partial charge is 0.246 e. The first-order valence-corrected chi connectivity index (χ1v) is 7.24. The van der Waals surface area contributed by atoms with E-state index in [0.717, 1.165) is 19.4 Å². The molecule has 6 nitrogen and oxygen atoms in total. The number of imidazole rings is 1. The van der Waals surface area contributed by atoms with Gasteiger partial charge in [0, 0.05) is 32.1 Å². The third-order valence-corrected chi connectivity index (χ3v) is 4.03.